The van der Waals surface area contributed by atoms with E-state index in [-0.39, 0.29) is 18.3 Å². The van der Waals surface area contributed by atoms with Crippen molar-refractivity contribution in [2.24, 2.45) is 0 Å². The van der Waals surface area contributed by atoms with Crippen molar-refractivity contribution in [2.45, 2.75) is 38.8 Å². The highest BCUT2D eigenvalue weighted by molar-refractivity contribution is 5.38. The largest absolute Gasteiger partial charge is 0.489 e. The summed E-state index contributed by atoms with van der Waals surface area (Å²) in [6.07, 6.45) is 9.24. The molecule has 0 aliphatic carbocycles. The van der Waals surface area contributed by atoms with Gasteiger partial charge in [-0.3, -0.25) is 4.68 Å². The number of ether oxygens (including phenoxy) is 1. The molecule has 0 radical (unpaired) electrons. The molecule has 3 aromatic heterocycles. The Morgan fingerprint density at radius 3 is 2.63 bits per heavy atom. The molecule has 1 aliphatic rings. The summed E-state index contributed by atoms with van der Waals surface area (Å²) in [7, 11) is 0. The Hall–Kier alpha value is -4.40. The molecular formula is C23H23FN10O. The van der Waals surface area contributed by atoms with Gasteiger partial charge in [-0.15, -0.1) is 5.10 Å². The van der Waals surface area contributed by atoms with Gasteiger partial charge in [0.15, 0.2) is 5.82 Å². The summed E-state index contributed by atoms with van der Waals surface area (Å²) >= 11 is 0. The number of nitrogens with zero attached hydrogens (tertiary/aromatic N) is 10. The Labute approximate surface area is 200 Å². The van der Waals surface area contributed by atoms with Crippen LogP contribution in [0.5, 0.6) is 5.75 Å². The van der Waals surface area contributed by atoms with Gasteiger partial charge in [0.25, 0.3) is 0 Å². The Morgan fingerprint density at radius 2 is 1.97 bits per heavy atom. The minimum atomic E-state index is -0.522. The van der Waals surface area contributed by atoms with E-state index in [2.05, 4.69) is 48.5 Å². The van der Waals surface area contributed by atoms with Gasteiger partial charge >= 0.3 is 0 Å². The fourth-order valence-corrected chi connectivity index (χ4v) is 4.10. The number of halogens is 1. The van der Waals surface area contributed by atoms with Gasteiger partial charge in [-0.05, 0) is 47.4 Å². The number of piperidine rings is 1. The SMILES string of the molecule is CCc1cnc(N2CCC(n3ncc(COc4ccc(-n5cnnn5)c(F)c4)c3C#N)CC2)nc1. The van der Waals surface area contributed by atoms with Gasteiger partial charge in [0.1, 0.15) is 36.1 Å². The fraction of sp³-hybridized carbons (Fsp3) is 0.348. The van der Waals surface area contributed by atoms with E-state index in [4.69, 9.17) is 4.74 Å². The molecule has 35 heavy (non-hydrogen) atoms. The number of tetrazole rings is 1. The number of benzene rings is 1. The molecule has 1 fully saturated rings. The quantitative estimate of drug-likeness (QED) is 0.397. The van der Waals surface area contributed by atoms with Crippen molar-refractivity contribution in [3.05, 3.63) is 65.8 Å². The van der Waals surface area contributed by atoms with Crippen LogP contribution in [0, 0.1) is 17.1 Å². The van der Waals surface area contributed by atoms with Crippen molar-refractivity contribution in [3.63, 3.8) is 0 Å². The second-order valence-corrected chi connectivity index (χ2v) is 8.19. The number of rotatable bonds is 7. The van der Waals surface area contributed by atoms with Gasteiger partial charge in [-0.1, -0.05) is 6.92 Å². The van der Waals surface area contributed by atoms with Crippen molar-refractivity contribution >= 4 is 5.95 Å². The zero-order valence-electron chi connectivity index (χ0n) is 19.1. The first-order valence-electron chi connectivity index (χ1n) is 11.3. The molecule has 0 atom stereocenters. The molecule has 4 heterocycles. The maximum absolute atomic E-state index is 14.4. The molecule has 0 amide bonds. The Bertz CT molecular complexity index is 1320. The monoisotopic (exact) mass is 474 g/mol. The van der Waals surface area contributed by atoms with Gasteiger partial charge in [-0.2, -0.15) is 15.0 Å². The summed E-state index contributed by atoms with van der Waals surface area (Å²) in [6.45, 7) is 3.73. The number of hydrogen-bond donors (Lipinski definition) is 0. The van der Waals surface area contributed by atoms with Gasteiger partial charge in [-0.25, -0.2) is 14.4 Å². The third-order valence-electron chi connectivity index (χ3n) is 6.08. The van der Waals surface area contributed by atoms with Crippen LogP contribution in [0.15, 0.2) is 43.1 Å². The maximum Gasteiger partial charge on any atom is 0.225 e. The van der Waals surface area contributed by atoms with E-state index in [0.717, 1.165) is 43.9 Å². The fourth-order valence-electron chi connectivity index (χ4n) is 4.10. The molecule has 1 aliphatic heterocycles. The zero-order valence-corrected chi connectivity index (χ0v) is 19.1. The summed E-state index contributed by atoms with van der Waals surface area (Å²) in [6, 6.07) is 6.77. The zero-order chi connectivity index (χ0) is 24.2. The summed E-state index contributed by atoms with van der Waals surface area (Å²) < 4.78 is 23.2. The number of aromatic nitrogens is 8. The van der Waals surface area contributed by atoms with Crippen molar-refractivity contribution in [1.82, 2.24) is 40.0 Å². The van der Waals surface area contributed by atoms with Crippen LogP contribution in [0.2, 0.25) is 0 Å². The predicted molar refractivity (Wildman–Crippen MR) is 122 cm³/mol. The number of anilines is 1. The van der Waals surface area contributed by atoms with Crippen LogP contribution < -0.4 is 9.64 Å². The van der Waals surface area contributed by atoms with Crippen LogP contribution in [-0.2, 0) is 13.0 Å². The van der Waals surface area contributed by atoms with Crippen molar-refractivity contribution in [1.29, 1.82) is 5.26 Å². The van der Waals surface area contributed by atoms with E-state index in [9.17, 15) is 9.65 Å². The number of hydrogen-bond acceptors (Lipinski definition) is 9. The van der Waals surface area contributed by atoms with Crippen molar-refractivity contribution in [2.75, 3.05) is 18.0 Å². The molecule has 11 nitrogen and oxygen atoms in total. The lowest BCUT2D eigenvalue weighted by atomic mass is 10.1. The van der Waals surface area contributed by atoms with Crippen LogP contribution in [0.4, 0.5) is 10.3 Å². The van der Waals surface area contributed by atoms with E-state index in [1.807, 2.05) is 12.4 Å². The highest BCUT2D eigenvalue weighted by Gasteiger charge is 2.25. The molecule has 0 spiro atoms. The highest BCUT2D eigenvalue weighted by atomic mass is 19.1. The Kier molecular flexibility index (Phi) is 6.30. The van der Waals surface area contributed by atoms with E-state index < -0.39 is 5.82 Å². The molecule has 0 saturated carbocycles. The standard InChI is InChI=1S/C23H23FN10O/c1-2-16-11-26-23(27-12-16)32-7-5-18(6-8-32)34-22(10-25)17(13-29-34)14-35-19-3-4-21(20(24)9-19)33-15-28-30-31-33/h3-4,9,11-13,15,18H,2,5-8,14H2,1H3. The second-order valence-electron chi connectivity index (χ2n) is 8.19. The lowest BCUT2D eigenvalue weighted by molar-refractivity contribution is 0.303. The highest BCUT2D eigenvalue weighted by Crippen LogP contribution is 2.27. The lowest BCUT2D eigenvalue weighted by Gasteiger charge is -2.32. The molecule has 178 valence electrons. The van der Waals surface area contributed by atoms with E-state index in [1.165, 1.54) is 23.1 Å². The average molecular weight is 475 g/mol. The van der Waals surface area contributed by atoms with Gasteiger partial charge < -0.3 is 9.64 Å². The van der Waals surface area contributed by atoms with Gasteiger partial charge in [0.2, 0.25) is 5.95 Å². The maximum atomic E-state index is 14.4. The smallest absolute Gasteiger partial charge is 0.225 e. The minimum Gasteiger partial charge on any atom is -0.489 e. The normalized spacial score (nSPS) is 14.1. The summed E-state index contributed by atoms with van der Waals surface area (Å²) in [4.78, 5) is 11.1. The van der Waals surface area contributed by atoms with Crippen LogP contribution in [0.3, 0.4) is 0 Å². The number of nitriles is 1. The van der Waals surface area contributed by atoms with E-state index in [0.29, 0.717) is 17.0 Å². The molecule has 1 saturated heterocycles. The van der Waals surface area contributed by atoms with E-state index in [1.54, 1.807) is 16.9 Å². The third kappa shape index (κ3) is 4.65. The van der Waals surface area contributed by atoms with Crippen LogP contribution in [0.1, 0.15) is 42.6 Å². The predicted octanol–water partition coefficient (Wildman–Crippen LogP) is 2.64. The minimum absolute atomic E-state index is 0.0950. The van der Waals surface area contributed by atoms with Gasteiger partial charge in [0, 0.05) is 37.1 Å². The van der Waals surface area contributed by atoms with Crippen LogP contribution in [0.25, 0.3) is 5.69 Å². The van der Waals surface area contributed by atoms with Crippen LogP contribution in [-0.4, -0.2) is 53.0 Å². The van der Waals surface area contributed by atoms with Crippen molar-refractivity contribution < 1.29 is 9.13 Å². The first-order valence-corrected chi connectivity index (χ1v) is 11.3. The summed E-state index contributed by atoms with van der Waals surface area (Å²) in [5.74, 6) is 0.540. The Balaban J connectivity index is 1.23. The first kappa shape index (κ1) is 22.4. The van der Waals surface area contributed by atoms with Gasteiger partial charge in [0.05, 0.1) is 12.2 Å². The average Bonchev–Trinajstić information content (AvgIpc) is 3.58. The lowest BCUT2D eigenvalue weighted by Crippen LogP contribution is -2.36. The molecule has 0 unspecified atom stereocenters. The molecule has 1 aromatic carbocycles. The van der Waals surface area contributed by atoms with Crippen LogP contribution >= 0.6 is 0 Å². The molecule has 0 N–H and O–H groups in total. The molecule has 5 rings (SSSR count). The van der Waals surface area contributed by atoms with E-state index >= 15 is 0 Å². The molecule has 12 heteroatoms. The second kappa shape index (κ2) is 9.84. The topological polar surface area (TPSA) is 123 Å². The van der Waals surface area contributed by atoms with Crippen molar-refractivity contribution in [3.8, 4) is 17.5 Å². The first-order chi connectivity index (χ1) is 17.2. The molecule has 0 bridgehead atoms. The third-order valence-corrected chi connectivity index (χ3v) is 6.08. The molecule has 4 aromatic rings. The summed E-state index contributed by atoms with van der Waals surface area (Å²) in [5, 5.41) is 25.0. The summed E-state index contributed by atoms with van der Waals surface area (Å²) in [5.41, 5.74) is 2.43. The molecular weight excluding hydrogens is 451 g/mol. The number of aryl methyl sites for hydroxylation is 1. The Morgan fingerprint density at radius 1 is 1.17 bits per heavy atom.